The molecule has 394 valence electrons. The van der Waals surface area contributed by atoms with Crippen molar-refractivity contribution in [1.82, 2.24) is 21.3 Å². The zero-order chi connectivity index (χ0) is 53.2. The highest BCUT2D eigenvalue weighted by atomic mass is 127. The molecule has 2 aliphatic carbocycles. The van der Waals surface area contributed by atoms with Gasteiger partial charge < -0.3 is 31.5 Å². The molecule has 6 N–H and O–H groups in total. The van der Waals surface area contributed by atoms with E-state index in [1.54, 1.807) is 6.92 Å². The van der Waals surface area contributed by atoms with Crippen LogP contribution in [0.2, 0.25) is 0 Å². The molecular formula is C58H77F4IN4O5. The number of ketones is 1. The van der Waals surface area contributed by atoms with Crippen molar-refractivity contribution in [3.63, 3.8) is 0 Å². The van der Waals surface area contributed by atoms with Gasteiger partial charge in [-0.25, -0.2) is 17.6 Å². The van der Waals surface area contributed by atoms with Crippen molar-refractivity contribution in [3.8, 4) is 0 Å². The molecule has 2 fully saturated rings. The first kappa shape index (κ1) is 58.7. The maximum Gasteiger partial charge on any atom is 0.217 e. The lowest BCUT2D eigenvalue weighted by Crippen LogP contribution is -2.53. The van der Waals surface area contributed by atoms with Gasteiger partial charge in [0.25, 0.3) is 0 Å². The first-order valence-corrected chi connectivity index (χ1v) is 26.5. The molecule has 0 radical (unpaired) electrons. The number of rotatable bonds is 17. The van der Waals surface area contributed by atoms with Gasteiger partial charge in [-0.3, -0.25) is 14.4 Å². The SMILES string of the molecule is CC(=O)N[C@@H](Cc1cc(F)cc(F)c1)[C@H](O)CNC1(c2cc(C(C)=O)cc(C(C)(C)C)c2)CCCCC1.CC(=O)N[C@@H](Cc1cc(F)cc(F)c1)[C@H](O)CNC1(c2cc(I)cc(C(C)(C)C)c2)CCCCC1. The average molecular weight is 1110 g/mol. The van der Waals surface area contributed by atoms with Gasteiger partial charge in [0.05, 0.1) is 24.3 Å². The lowest BCUT2D eigenvalue weighted by atomic mass is 9.73. The Morgan fingerprint density at radius 1 is 0.542 bits per heavy atom. The normalized spacial score (nSPS) is 17.4. The molecule has 0 heterocycles. The Balaban J connectivity index is 0.000000268. The van der Waals surface area contributed by atoms with E-state index in [1.807, 2.05) is 12.1 Å². The lowest BCUT2D eigenvalue weighted by molar-refractivity contribution is -0.121. The van der Waals surface area contributed by atoms with Crippen LogP contribution in [0.1, 0.15) is 170 Å². The molecule has 0 spiro atoms. The first-order valence-electron chi connectivity index (χ1n) is 25.5. The summed E-state index contributed by atoms with van der Waals surface area (Å²) in [5.74, 6) is -3.39. The topological polar surface area (TPSA) is 140 Å². The van der Waals surface area contributed by atoms with Crippen LogP contribution in [-0.2, 0) is 44.3 Å². The fourth-order valence-corrected chi connectivity index (χ4v) is 10.9. The van der Waals surface area contributed by atoms with Crippen molar-refractivity contribution in [2.75, 3.05) is 13.1 Å². The highest BCUT2D eigenvalue weighted by Crippen LogP contribution is 2.41. The second-order valence-corrected chi connectivity index (χ2v) is 23.6. The third-order valence-corrected chi connectivity index (χ3v) is 14.9. The van der Waals surface area contributed by atoms with Crippen LogP contribution in [0.15, 0.2) is 72.8 Å². The quantitative estimate of drug-likeness (QED) is 0.0352. The minimum atomic E-state index is -1.01. The zero-order valence-corrected chi connectivity index (χ0v) is 45.8. The van der Waals surface area contributed by atoms with E-state index in [4.69, 9.17) is 0 Å². The van der Waals surface area contributed by atoms with Crippen molar-refractivity contribution >= 4 is 40.2 Å². The van der Waals surface area contributed by atoms with Gasteiger partial charge in [-0.05, 0) is 161 Å². The third kappa shape index (κ3) is 16.9. The molecule has 0 saturated heterocycles. The number of hydrogen-bond donors (Lipinski definition) is 6. The van der Waals surface area contributed by atoms with E-state index in [-0.39, 0.29) is 59.9 Å². The fourth-order valence-electron chi connectivity index (χ4n) is 10.2. The first-order chi connectivity index (χ1) is 33.7. The number of halogens is 5. The van der Waals surface area contributed by atoms with Crippen LogP contribution in [-0.4, -0.2) is 65.2 Å². The Kier molecular flexibility index (Phi) is 20.6. The molecule has 0 unspecified atom stereocenters. The molecule has 9 nitrogen and oxygen atoms in total. The molecule has 72 heavy (non-hydrogen) atoms. The second-order valence-electron chi connectivity index (χ2n) is 22.3. The van der Waals surface area contributed by atoms with Crippen LogP contribution in [0.5, 0.6) is 0 Å². The number of carbonyl (C=O) groups excluding carboxylic acids is 3. The molecule has 4 aromatic carbocycles. The minimum Gasteiger partial charge on any atom is -0.390 e. The van der Waals surface area contributed by atoms with E-state index in [0.717, 1.165) is 81.0 Å². The Morgan fingerprint density at radius 3 is 1.25 bits per heavy atom. The Bertz CT molecular complexity index is 2450. The summed E-state index contributed by atoms with van der Waals surface area (Å²) >= 11 is 2.37. The number of aliphatic hydroxyl groups excluding tert-OH is 2. The summed E-state index contributed by atoms with van der Waals surface area (Å²) in [7, 11) is 0. The maximum atomic E-state index is 13.8. The number of amides is 2. The Hall–Kier alpha value is -4.22. The van der Waals surface area contributed by atoms with Crippen LogP contribution < -0.4 is 21.3 Å². The van der Waals surface area contributed by atoms with Gasteiger partial charge in [0.2, 0.25) is 11.8 Å². The molecule has 6 rings (SSSR count). The molecule has 4 aromatic rings. The number of carbonyl (C=O) groups is 3. The minimum absolute atomic E-state index is 0.00592. The standard InChI is InChI=1S/C30H40F2N2O3.C28H37F2IN2O2/c1-19(35)22-14-23(29(3,4)5)16-24(15-22)30(9-7-6-8-10-30)33-18-28(37)27(34-20(2)36)13-21-11-25(31)17-26(32)12-21;1-18(34)33-25(12-19-10-22(29)16-23(30)11-19)26(35)17-32-28(8-6-5-7-9-28)21-13-20(27(2,3)4)14-24(31)15-21/h11-12,14-17,27-28,33,37H,6-10,13,18H2,1-5H3,(H,34,36);10-11,13-16,25-26,32,35H,5-9,12,17H2,1-4H3,(H,33,34)/t27-,28+;25-,26+/m00/s1. The highest BCUT2D eigenvalue weighted by molar-refractivity contribution is 14.1. The van der Waals surface area contributed by atoms with Gasteiger partial charge in [-0.1, -0.05) is 92.2 Å². The molecule has 0 aliphatic heterocycles. The summed E-state index contributed by atoms with van der Waals surface area (Å²) in [6.07, 6.45) is 8.40. The highest BCUT2D eigenvalue weighted by Gasteiger charge is 2.38. The number of aliphatic hydroxyl groups is 2. The molecule has 2 aliphatic rings. The van der Waals surface area contributed by atoms with E-state index in [0.29, 0.717) is 16.7 Å². The number of benzene rings is 4. The van der Waals surface area contributed by atoms with E-state index >= 15 is 0 Å². The molecule has 2 amide bonds. The maximum absolute atomic E-state index is 13.8. The smallest absolute Gasteiger partial charge is 0.217 e. The van der Waals surface area contributed by atoms with Crippen molar-refractivity contribution in [1.29, 1.82) is 0 Å². The number of Topliss-reactive ketones (excluding diaryl/α,β-unsaturated/α-hetero) is 1. The van der Waals surface area contributed by atoms with Crippen molar-refractivity contribution in [2.24, 2.45) is 0 Å². The van der Waals surface area contributed by atoms with E-state index in [1.165, 1.54) is 59.2 Å². The summed E-state index contributed by atoms with van der Waals surface area (Å²) < 4.78 is 56.1. The van der Waals surface area contributed by atoms with Gasteiger partial charge >= 0.3 is 0 Å². The monoisotopic (exact) mass is 1110 g/mol. The fraction of sp³-hybridized carbons (Fsp3) is 0.534. The van der Waals surface area contributed by atoms with Gasteiger partial charge in [-0.15, -0.1) is 0 Å². The lowest BCUT2D eigenvalue weighted by Gasteiger charge is -2.41. The van der Waals surface area contributed by atoms with E-state index < -0.39 is 53.1 Å². The molecule has 2 saturated carbocycles. The molecule has 14 heteroatoms. The van der Waals surface area contributed by atoms with Crippen LogP contribution in [0.3, 0.4) is 0 Å². The molecular weight excluding hydrogens is 1040 g/mol. The third-order valence-electron chi connectivity index (χ3n) is 14.3. The predicted molar refractivity (Wildman–Crippen MR) is 286 cm³/mol. The second kappa shape index (κ2) is 25.3. The van der Waals surface area contributed by atoms with Crippen molar-refractivity contribution < 1.29 is 42.2 Å². The van der Waals surface area contributed by atoms with Crippen molar-refractivity contribution in [3.05, 3.63) is 139 Å². The summed E-state index contributed by atoms with van der Waals surface area (Å²) in [6.45, 7) is 17.7. The number of hydrogen-bond acceptors (Lipinski definition) is 7. The summed E-state index contributed by atoms with van der Waals surface area (Å²) in [4.78, 5) is 36.1. The Labute approximate surface area is 438 Å². The Morgan fingerprint density at radius 2 is 0.903 bits per heavy atom. The molecule has 4 atom stereocenters. The number of nitrogens with one attached hydrogen (secondary N) is 4. The van der Waals surface area contributed by atoms with Gasteiger partial charge in [-0.2, -0.15) is 0 Å². The summed E-state index contributed by atoms with van der Waals surface area (Å²) in [5.41, 5.74) is 5.18. The summed E-state index contributed by atoms with van der Waals surface area (Å²) in [5, 5.41) is 35.1. The van der Waals surface area contributed by atoms with Crippen molar-refractivity contribution in [2.45, 2.75) is 186 Å². The van der Waals surface area contributed by atoms with Crippen LogP contribution in [0, 0.1) is 26.8 Å². The van der Waals surface area contributed by atoms with Gasteiger partial charge in [0, 0.05) is 59.3 Å². The predicted octanol–water partition coefficient (Wildman–Crippen LogP) is 11.0. The molecule has 0 bridgehead atoms. The van der Waals surface area contributed by atoms with Crippen LogP contribution in [0.4, 0.5) is 17.6 Å². The molecule has 0 aromatic heterocycles. The van der Waals surface area contributed by atoms with E-state index in [9.17, 15) is 42.2 Å². The van der Waals surface area contributed by atoms with Crippen LogP contribution >= 0.6 is 22.6 Å². The van der Waals surface area contributed by atoms with Gasteiger partial charge in [0.1, 0.15) is 23.3 Å². The van der Waals surface area contributed by atoms with Gasteiger partial charge in [0.15, 0.2) is 5.78 Å². The van der Waals surface area contributed by atoms with E-state index in [2.05, 4.69) is 110 Å². The average Bonchev–Trinajstić information content (AvgIpc) is 3.28. The summed E-state index contributed by atoms with van der Waals surface area (Å²) in [6, 6.07) is 17.9. The zero-order valence-electron chi connectivity index (χ0n) is 43.6. The van der Waals surface area contributed by atoms with Crippen LogP contribution in [0.25, 0.3) is 0 Å². The largest absolute Gasteiger partial charge is 0.390 e.